The van der Waals surface area contributed by atoms with Gasteiger partial charge in [0.05, 0.1) is 32.3 Å². The van der Waals surface area contributed by atoms with Gasteiger partial charge in [0, 0.05) is 5.56 Å². The minimum atomic E-state index is -0.319. The molecule has 2 aromatic carbocycles. The van der Waals surface area contributed by atoms with Gasteiger partial charge in [-0.15, -0.1) is 0 Å². The molecule has 1 heterocycles. The Morgan fingerprint density at radius 3 is 2.53 bits per heavy atom. The zero-order valence-corrected chi connectivity index (χ0v) is 17.9. The largest absolute Gasteiger partial charge is 0.505 e. The summed E-state index contributed by atoms with van der Waals surface area (Å²) in [5.74, 6) is 1.73. The van der Waals surface area contributed by atoms with Crippen LogP contribution < -0.4 is 14.4 Å². The van der Waals surface area contributed by atoms with Crippen molar-refractivity contribution < 1.29 is 19.5 Å². The molecule has 0 radical (unpaired) electrons. The molecule has 2 atom stereocenters. The van der Waals surface area contributed by atoms with Crippen molar-refractivity contribution in [2.45, 2.75) is 26.4 Å². The third-order valence-corrected chi connectivity index (χ3v) is 5.45. The Bertz CT molecular complexity index is 1090. The maximum atomic E-state index is 10.9. The number of methoxy groups -OCH3 is 2. The van der Waals surface area contributed by atoms with E-state index in [9.17, 15) is 10.4 Å². The summed E-state index contributed by atoms with van der Waals surface area (Å²) < 4.78 is 10.8. The normalized spacial score (nSPS) is 14.0. The number of hydrogen-bond donors (Lipinski definition) is 3. The molecule has 0 fully saturated rings. The predicted molar refractivity (Wildman–Crippen MR) is 116 cm³/mol. The lowest BCUT2D eigenvalue weighted by Crippen LogP contribution is -3.11. The van der Waals surface area contributed by atoms with Crippen molar-refractivity contribution in [3.8, 4) is 17.6 Å². The Morgan fingerprint density at radius 2 is 1.90 bits per heavy atom. The van der Waals surface area contributed by atoms with Gasteiger partial charge < -0.3 is 24.5 Å². The van der Waals surface area contributed by atoms with Gasteiger partial charge in [-0.25, -0.2) is 4.98 Å². The number of rotatable bonds is 7. The van der Waals surface area contributed by atoms with Crippen molar-refractivity contribution in [2.24, 2.45) is 0 Å². The highest BCUT2D eigenvalue weighted by atomic mass is 16.5. The van der Waals surface area contributed by atoms with Crippen molar-refractivity contribution in [3.63, 3.8) is 0 Å². The maximum absolute atomic E-state index is 10.9. The number of allylic oxidation sites excluding steroid dienone is 1. The number of aromatic amines is 1. The number of aliphatic hydroxyl groups is 1. The molecule has 156 valence electrons. The second-order valence-corrected chi connectivity index (χ2v) is 7.35. The summed E-state index contributed by atoms with van der Waals surface area (Å²) in [6, 6.07) is 13.2. The lowest BCUT2D eigenvalue weighted by molar-refractivity contribution is -0.913. The molecule has 3 aromatic rings. The number of imidazole rings is 1. The molecule has 0 spiro atoms. The molecule has 0 amide bonds. The third-order valence-electron chi connectivity index (χ3n) is 5.45. The van der Waals surface area contributed by atoms with Crippen LogP contribution in [0.25, 0.3) is 16.6 Å². The SMILES string of the molecule is COc1cc(C)c(C[NH+](C)[C@H](C)/C(O)=C(\C#N)c2nc3ccccc3[nH]2)cc1OC. The van der Waals surface area contributed by atoms with Gasteiger partial charge in [0.15, 0.2) is 23.1 Å². The van der Waals surface area contributed by atoms with E-state index >= 15 is 0 Å². The maximum Gasteiger partial charge on any atom is 0.172 e. The molecule has 3 rings (SSSR count). The minimum absolute atomic E-state index is 0.00665. The number of ether oxygens (including phenoxy) is 2. The van der Waals surface area contributed by atoms with Crippen molar-refractivity contribution in [2.75, 3.05) is 21.3 Å². The molecule has 7 heteroatoms. The zero-order valence-electron chi connectivity index (χ0n) is 17.9. The van der Waals surface area contributed by atoms with Crippen LogP contribution in [0.15, 0.2) is 42.2 Å². The molecule has 1 unspecified atom stereocenters. The van der Waals surface area contributed by atoms with Crippen LogP contribution in [0.1, 0.15) is 23.9 Å². The second-order valence-electron chi connectivity index (χ2n) is 7.35. The first kappa shape index (κ1) is 21.2. The van der Waals surface area contributed by atoms with E-state index in [1.54, 1.807) is 14.2 Å². The number of H-pyrrole nitrogens is 1. The van der Waals surface area contributed by atoms with Crippen molar-refractivity contribution in [1.82, 2.24) is 9.97 Å². The summed E-state index contributed by atoms with van der Waals surface area (Å²) in [6.07, 6.45) is 0. The minimum Gasteiger partial charge on any atom is -0.505 e. The number of hydrogen-bond acceptors (Lipinski definition) is 5. The fourth-order valence-electron chi connectivity index (χ4n) is 3.42. The topological polar surface area (TPSA) is 95.6 Å². The molecule has 1 aromatic heterocycles. The zero-order chi connectivity index (χ0) is 21.8. The first-order valence-corrected chi connectivity index (χ1v) is 9.71. The van der Waals surface area contributed by atoms with Crippen LogP contribution in [0.5, 0.6) is 11.5 Å². The number of nitrogens with one attached hydrogen (secondary N) is 2. The lowest BCUT2D eigenvalue weighted by Gasteiger charge is -2.23. The molecule has 3 N–H and O–H groups in total. The first-order chi connectivity index (χ1) is 14.4. The van der Waals surface area contributed by atoms with Crippen molar-refractivity contribution >= 4 is 16.6 Å². The van der Waals surface area contributed by atoms with Gasteiger partial charge in [-0.1, -0.05) is 12.1 Å². The summed E-state index contributed by atoms with van der Waals surface area (Å²) in [5.41, 5.74) is 3.87. The molecule has 0 saturated carbocycles. The van der Waals surface area contributed by atoms with Crippen LogP contribution in [-0.2, 0) is 6.54 Å². The number of benzene rings is 2. The van der Waals surface area contributed by atoms with E-state index < -0.39 is 0 Å². The summed E-state index contributed by atoms with van der Waals surface area (Å²) >= 11 is 0. The highest BCUT2D eigenvalue weighted by Gasteiger charge is 2.25. The van der Waals surface area contributed by atoms with E-state index in [1.165, 1.54) is 0 Å². The molecule has 7 nitrogen and oxygen atoms in total. The number of quaternary nitrogens is 1. The molecule has 0 aliphatic carbocycles. The number of para-hydroxylation sites is 2. The number of aryl methyl sites for hydroxylation is 1. The van der Waals surface area contributed by atoms with Crippen LogP contribution >= 0.6 is 0 Å². The van der Waals surface area contributed by atoms with Crippen LogP contribution in [-0.4, -0.2) is 42.4 Å². The Labute approximate surface area is 176 Å². The summed E-state index contributed by atoms with van der Waals surface area (Å²) in [4.78, 5) is 8.59. The smallest absolute Gasteiger partial charge is 0.172 e. The molecule has 0 aliphatic rings. The monoisotopic (exact) mass is 407 g/mol. The Kier molecular flexibility index (Phi) is 6.28. The van der Waals surface area contributed by atoms with Gasteiger partial charge >= 0.3 is 0 Å². The molecule has 0 aliphatic heterocycles. The van der Waals surface area contributed by atoms with Crippen molar-refractivity contribution in [3.05, 3.63) is 59.1 Å². The molecule has 0 saturated heterocycles. The Balaban J connectivity index is 1.89. The summed E-state index contributed by atoms with van der Waals surface area (Å²) in [5, 5.41) is 20.6. The fourth-order valence-corrected chi connectivity index (χ4v) is 3.42. The average Bonchev–Trinajstić information content (AvgIpc) is 3.18. The number of fused-ring (bicyclic) bond motifs is 1. The summed E-state index contributed by atoms with van der Waals surface area (Å²) in [7, 11) is 5.20. The highest BCUT2D eigenvalue weighted by molar-refractivity contribution is 5.82. The van der Waals surface area contributed by atoms with E-state index in [-0.39, 0.29) is 17.4 Å². The van der Waals surface area contributed by atoms with E-state index in [0.717, 1.165) is 27.1 Å². The van der Waals surface area contributed by atoms with Crippen LogP contribution in [0.4, 0.5) is 0 Å². The predicted octanol–water partition coefficient (Wildman–Crippen LogP) is 2.78. The van der Waals surface area contributed by atoms with Gasteiger partial charge in [0.2, 0.25) is 0 Å². The second kappa shape index (κ2) is 8.89. The van der Waals surface area contributed by atoms with Crippen LogP contribution in [0, 0.1) is 18.3 Å². The average molecular weight is 407 g/mol. The quantitative estimate of drug-likeness (QED) is 0.413. The highest BCUT2D eigenvalue weighted by Crippen LogP contribution is 2.30. The van der Waals surface area contributed by atoms with Gasteiger partial charge in [0.1, 0.15) is 24.2 Å². The Morgan fingerprint density at radius 1 is 1.23 bits per heavy atom. The Hall–Kier alpha value is -3.50. The van der Waals surface area contributed by atoms with E-state index in [4.69, 9.17) is 9.47 Å². The molecular weight excluding hydrogens is 380 g/mol. The van der Waals surface area contributed by atoms with Gasteiger partial charge in [-0.05, 0) is 43.7 Å². The molecule has 30 heavy (non-hydrogen) atoms. The van der Waals surface area contributed by atoms with Crippen LogP contribution in [0.2, 0.25) is 0 Å². The molecular formula is C23H27N4O3+. The number of aliphatic hydroxyl groups excluding tert-OH is 1. The van der Waals surface area contributed by atoms with Crippen molar-refractivity contribution in [1.29, 1.82) is 5.26 Å². The number of nitriles is 1. The number of aromatic nitrogens is 2. The van der Waals surface area contributed by atoms with Gasteiger partial charge in [0.25, 0.3) is 0 Å². The molecule has 0 bridgehead atoms. The standard InChI is InChI=1S/C23H26N4O3/c1-14-10-20(29-4)21(30-5)11-16(14)13-27(3)15(2)22(28)17(12-24)23-25-18-8-6-7-9-19(18)26-23/h6-11,15,28H,13H2,1-5H3,(H,25,26)/p+1/b22-17-/t15-/m1/s1. The lowest BCUT2D eigenvalue weighted by atomic mass is 10.1. The van der Waals surface area contributed by atoms with Crippen LogP contribution in [0.3, 0.4) is 0 Å². The van der Waals surface area contributed by atoms with E-state index in [2.05, 4.69) is 16.0 Å². The van der Waals surface area contributed by atoms with Gasteiger partial charge in [-0.2, -0.15) is 5.26 Å². The van der Waals surface area contributed by atoms with E-state index in [1.807, 2.05) is 57.3 Å². The number of likely N-dealkylation sites (N-methyl/N-ethyl adjacent to an activating group) is 1. The first-order valence-electron chi connectivity index (χ1n) is 9.71. The third kappa shape index (κ3) is 4.09. The summed E-state index contributed by atoms with van der Waals surface area (Å²) in [6.45, 7) is 4.54. The number of nitrogens with zero attached hydrogens (tertiary/aromatic N) is 2. The fraction of sp³-hybridized carbons (Fsp3) is 0.304. The van der Waals surface area contributed by atoms with Gasteiger partial charge in [-0.3, -0.25) is 0 Å². The van der Waals surface area contributed by atoms with E-state index in [0.29, 0.717) is 23.9 Å².